The van der Waals surface area contributed by atoms with Gasteiger partial charge in [0.2, 0.25) is 5.28 Å². The molecule has 1 heterocycles. The number of nitrogens with zero attached hydrogens (tertiary/aromatic N) is 2. The van der Waals surface area contributed by atoms with E-state index in [1.165, 1.54) is 12.3 Å². The first-order valence-corrected chi connectivity index (χ1v) is 6.36. The van der Waals surface area contributed by atoms with Crippen LogP contribution in [0.3, 0.4) is 0 Å². The molecular weight excluding hydrogens is 309 g/mol. The molecule has 0 atom stereocenters. The molecule has 0 radical (unpaired) electrons. The zero-order chi connectivity index (χ0) is 14.0. The van der Waals surface area contributed by atoms with Crippen molar-refractivity contribution in [1.29, 1.82) is 0 Å². The first-order chi connectivity index (χ1) is 8.97. The molecule has 98 valence electrons. The second kappa shape index (κ2) is 5.74. The second-order valence-electron chi connectivity index (χ2n) is 3.75. The monoisotopic (exact) mass is 315 g/mol. The summed E-state index contributed by atoms with van der Waals surface area (Å²) in [4.78, 5) is 19.8. The summed E-state index contributed by atoms with van der Waals surface area (Å²) in [5.74, 6) is 0.00695. The molecule has 0 fully saturated rings. The average molecular weight is 317 g/mol. The molecule has 0 spiro atoms. The van der Waals surface area contributed by atoms with Gasteiger partial charge in [-0.3, -0.25) is 4.79 Å². The molecule has 0 bridgehead atoms. The number of amides is 1. The first-order valence-electron chi connectivity index (χ1n) is 5.23. The summed E-state index contributed by atoms with van der Waals surface area (Å²) in [7, 11) is 0. The van der Waals surface area contributed by atoms with Crippen LogP contribution in [-0.2, 0) is 0 Å². The van der Waals surface area contributed by atoms with Crippen LogP contribution < -0.4 is 5.32 Å². The zero-order valence-corrected chi connectivity index (χ0v) is 12.0. The van der Waals surface area contributed by atoms with Crippen molar-refractivity contribution in [3.63, 3.8) is 0 Å². The molecular formula is C12H8Cl3N3O. The van der Waals surface area contributed by atoms with Crippen molar-refractivity contribution in [3.8, 4) is 0 Å². The largest absolute Gasteiger partial charge is 0.306 e. The maximum atomic E-state index is 12.0. The van der Waals surface area contributed by atoms with Crippen molar-refractivity contribution < 1.29 is 4.79 Å². The fraction of sp³-hybridized carbons (Fsp3) is 0.0833. The van der Waals surface area contributed by atoms with Crippen molar-refractivity contribution in [1.82, 2.24) is 9.97 Å². The molecule has 0 saturated carbocycles. The summed E-state index contributed by atoms with van der Waals surface area (Å²) in [6.45, 7) is 1.76. The van der Waals surface area contributed by atoms with Crippen LogP contribution in [-0.4, -0.2) is 15.9 Å². The molecule has 2 aromatic rings. The minimum Gasteiger partial charge on any atom is -0.306 e. The lowest BCUT2D eigenvalue weighted by molar-refractivity contribution is 0.102. The molecule has 0 saturated heterocycles. The normalized spacial score (nSPS) is 10.3. The van der Waals surface area contributed by atoms with Crippen molar-refractivity contribution >= 4 is 46.5 Å². The first kappa shape index (κ1) is 14.1. The van der Waals surface area contributed by atoms with Crippen LogP contribution in [0.1, 0.15) is 15.9 Å². The van der Waals surface area contributed by atoms with Crippen LogP contribution in [0.5, 0.6) is 0 Å². The van der Waals surface area contributed by atoms with Gasteiger partial charge in [-0.05, 0) is 36.7 Å². The molecule has 19 heavy (non-hydrogen) atoms. The lowest BCUT2D eigenvalue weighted by atomic mass is 10.2. The number of aromatic nitrogens is 2. The average Bonchev–Trinajstić information content (AvgIpc) is 2.37. The fourth-order valence-electron chi connectivity index (χ4n) is 1.36. The number of carbonyl (C=O) groups is 1. The van der Waals surface area contributed by atoms with Gasteiger partial charge in [0.05, 0.1) is 10.0 Å². The SMILES string of the molecule is Cc1cnc(Cl)nc1NC(=O)c1ccc(Cl)c(Cl)c1. The lowest BCUT2D eigenvalue weighted by Crippen LogP contribution is -2.14. The molecule has 2 rings (SSSR count). The Labute approximate surface area is 124 Å². The van der Waals surface area contributed by atoms with Crippen LogP contribution in [0.25, 0.3) is 0 Å². The topological polar surface area (TPSA) is 54.9 Å². The number of hydrogen-bond acceptors (Lipinski definition) is 3. The summed E-state index contributed by atoms with van der Waals surface area (Å²) >= 11 is 17.3. The van der Waals surface area contributed by atoms with E-state index in [4.69, 9.17) is 34.8 Å². The maximum Gasteiger partial charge on any atom is 0.256 e. The Kier molecular flexibility index (Phi) is 4.24. The third-order valence-electron chi connectivity index (χ3n) is 2.36. The Hall–Kier alpha value is -1.36. The van der Waals surface area contributed by atoms with Crippen molar-refractivity contribution in [2.45, 2.75) is 6.92 Å². The summed E-state index contributed by atoms with van der Waals surface area (Å²) in [5.41, 5.74) is 1.08. The molecule has 1 amide bonds. The third-order valence-corrected chi connectivity index (χ3v) is 3.28. The van der Waals surface area contributed by atoms with Gasteiger partial charge < -0.3 is 5.32 Å². The molecule has 1 N–H and O–H groups in total. The van der Waals surface area contributed by atoms with Gasteiger partial charge in [-0.1, -0.05) is 23.2 Å². The molecule has 7 heteroatoms. The second-order valence-corrected chi connectivity index (χ2v) is 4.91. The minimum absolute atomic E-state index is 0.0649. The number of benzene rings is 1. The maximum absolute atomic E-state index is 12.0. The number of carbonyl (C=O) groups excluding carboxylic acids is 1. The van der Waals surface area contributed by atoms with Gasteiger partial charge >= 0.3 is 0 Å². The highest BCUT2D eigenvalue weighted by atomic mass is 35.5. The van der Waals surface area contributed by atoms with Crippen LogP contribution in [0.4, 0.5) is 5.82 Å². The molecule has 0 aliphatic rings. The number of anilines is 1. The van der Waals surface area contributed by atoms with E-state index < -0.39 is 0 Å². The number of halogens is 3. The van der Waals surface area contributed by atoms with E-state index >= 15 is 0 Å². The number of aryl methyl sites for hydroxylation is 1. The summed E-state index contributed by atoms with van der Waals surface area (Å²) in [6.07, 6.45) is 1.53. The van der Waals surface area contributed by atoms with Gasteiger partial charge in [0.1, 0.15) is 5.82 Å². The Balaban J connectivity index is 2.25. The quantitative estimate of drug-likeness (QED) is 0.852. The van der Waals surface area contributed by atoms with Crippen molar-refractivity contribution in [2.75, 3.05) is 5.32 Å². The predicted molar refractivity (Wildman–Crippen MR) is 76.2 cm³/mol. The molecule has 1 aromatic heterocycles. The molecule has 4 nitrogen and oxygen atoms in total. The predicted octanol–water partition coefficient (Wildman–Crippen LogP) is 4.00. The summed E-state index contributed by atoms with van der Waals surface area (Å²) < 4.78 is 0. The molecule has 0 aliphatic heterocycles. The number of hydrogen-bond donors (Lipinski definition) is 1. The van der Waals surface area contributed by atoms with E-state index in [1.54, 1.807) is 19.1 Å². The van der Waals surface area contributed by atoms with E-state index in [2.05, 4.69) is 15.3 Å². The molecule has 0 unspecified atom stereocenters. The van der Waals surface area contributed by atoms with E-state index in [9.17, 15) is 4.79 Å². The van der Waals surface area contributed by atoms with E-state index in [-0.39, 0.29) is 11.2 Å². The Morgan fingerprint density at radius 2 is 1.95 bits per heavy atom. The van der Waals surface area contributed by atoms with E-state index in [1.807, 2.05) is 0 Å². The number of rotatable bonds is 2. The summed E-state index contributed by atoms with van der Waals surface area (Å²) in [5, 5.41) is 3.40. The van der Waals surface area contributed by atoms with Gasteiger partial charge in [-0.15, -0.1) is 0 Å². The van der Waals surface area contributed by atoms with E-state index in [0.29, 0.717) is 27.0 Å². The number of nitrogens with one attached hydrogen (secondary N) is 1. The third kappa shape index (κ3) is 3.35. The van der Waals surface area contributed by atoms with Gasteiger partial charge in [0, 0.05) is 17.3 Å². The van der Waals surface area contributed by atoms with Crippen LogP contribution in [0, 0.1) is 6.92 Å². The molecule has 0 aliphatic carbocycles. The van der Waals surface area contributed by atoms with Gasteiger partial charge in [-0.25, -0.2) is 9.97 Å². The highest BCUT2D eigenvalue weighted by Gasteiger charge is 2.11. The summed E-state index contributed by atoms with van der Waals surface area (Å²) in [6, 6.07) is 4.61. The van der Waals surface area contributed by atoms with Gasteiger partial charge in [-0.2, -0.15) is 0 Å². The van der Waals surface area contributed by atoms with Gasteiger partial charge in [0.25, 0.3) is 5.91 Å². The van der Waals surface area contributed by atoms with Crippen molar-refractivity contribution in [3.05, 3.63) is 50.9 Å². The molecule has 1 aromatic carbocycles. The Bertz CT molecular complexity index is 646. The Morgan fingerprint density at radius 3 is 2.63 bits per heavy atom. The zero-order valence-electron chi connectivity index (χ0n) is 9.75. The van der Waals surface area contributed by atoms with E-state index in [0.717, 1.165) is 0 Å². The fourth-order valence-corrected chi connectivity index (χ4v) is 1.80. The standard InChI is InChI=1S/C12H8Cl3N3O/c1-6-5-16-12(15)18-10(6)17-11(19)7-2-3-8(13)9(14)4-7/h2-5H,1H3,(H,16,17,18,19). The smallest absolute Gasteiger partial charge is 0.256 e. The van der Waals surface area contributed by atoms with Crippen molar-refractivity contribution in [2.24, 2.45) is 0 Å². The van der Waals surface area contributed by atoms with Crippen LogP contribution in [0.2, 0.25) is 15.3 Å². The lowest BCUT2D eigenvalue weighted by Gasteiger charge is -2.07. The van der Waals surface area contributed by atoms with Crippen LogP contribution >= 0.6 is 34.8 Å². The highest BCUT2D eigenvalue weighted by molar-refractivity contribution is 6.42. The minimum atomic E-state index is -0.351. The Morgan fingerprint density at radius 1 is 1.21 bits per heavy atom. The highest BCUT2D eigenvalue weighted by Crippen LogP contribution is 2.23. The van der Waals surface area contributed by atoms with Gasteiger partial charge in [0.15, 0.2) is 0 Å². The van der Waals surface area contributed by atoms with Crippen LogP contribution in [0.15, 0.2) is 24.4 Å².